The Morgan fingerprint density at radius 3 is 2.75 bits per heavy atom. The molecular weight excluding hydrogens is 354 g/mol. The molecule has 5 rings (SSSR count). The molecule has 4 aliphatic rings. The number of carbonyl (C=O) groups excluding carboxylic acids is 2. The Kier molecular flexibility index (Phi) is 4.23. The molecule has 1 aromatic heterocycles. The summed E-state index contributed by atoms with van der Waals surface area (Å²) in [4.78, 5) is 31.7. The fourth-order valence-corrected chi connectivity index (χ4v) is 6.19. The number of amides is 2. The number of nitrogens with zero attached hydrogens (tertiary/aromatic N) is 2. The van der Waals surface area contributed by atoms with Gasteiger partial charge in [-0.2, -0.15) is 0 Å². The van der Waals surface area contributed by atoms with Crippen molar-refractivity contribution in [2.24, 2.45) is 17.3 Å². The van der Waals surface area contributed by atoms with Crippen LogP contribution in [-0.4, -0.2) is 53.0 Å². The molecule has 4 atom stereocenters. The Labute approximate surface area is 166 Å². The number of likely N-dealkylation sites (tertiary alicyclic amines) is 1. The van der Waals surface area contributed by atoms with Gasteiger partial charge >= 0.3 is 0 Å². The van der Waals surface area contributed by atoms with Crippen LogP contribution in [-0.2, 0) is 9.53 Å². The summed E-state index contributed by atoms with van der Waals surface area (Å²) < 4.78 is 6.46. The van der Waals surface area contributed by atoms with Crippen molar-refractivity contribution in [2.45, 2.75) is 57.2 Å². The highest BCUT2D eigenvalue weighted by atomic mass is 16.5. The van der Waals surface area contributed by atoms with Crippen LogP contribution < -0.4 is 5.32 Å². The van der Waals surface area contributed by atoms with E-state index in [1.807, 2.05) is 0 Å². The molecule has 2 amide bonds. The van der Waals surface area contributed by atoms with E-state index in [1.165, 1.54) is 0 Å². The van der Waals surface area contributed by atoms with Crippen LogP contribution in [0.15, 0.2) is 24.5 Å². The van der Waals surface area contributed by atoms with Crippen LogP contribution >= 0.6 is 0 Å². The van der Waals surface area contributed by atoms with E-state index >= 15 is 0 Å². The largest absolute Gasteiger partial charge is 0.369 e. The van der Waals surface area contributed by atoms with E-state index in [9.17, 15) is 9.59 Å². The normalized spacial score (nSPS) is 35.2. The van der Waals surface area contributed by atoms with Gasteiger partial charge in [0.25, 0.3) is 5.91 Å². The van der Waals surface area contributed by atoms with Crippen LogP contribution in [0, 0.1) is 17.3 Å². The highest BCUT2D eigenvalue weighted by Gasteiger charge is 2.64. The van der Waals surface area contributed by atoms with Gasteiger partial charge in [0.2, 0.25) is 5.91 Å². The van der Waals surface area contributed by atoms with Crippen LogP contribution in [0.5, 0.6) is 0 Å². The molecule has 3 saturated heterocycles. The summed E-state index contributed by atoms with van der Waals surface area (Å²) in [5.41, 5.74) is 0.269. The maximum Gasteiger partial charge on any atom is 0.251 e. The maximum atomic E-state index is 13.2. The molecule has 28 heavy (non-hydrogen) atoms. The molecular formula is C22H29N3O3. The van der Waals surface area contributed by atoms with Gasteiger partial charge < -0.3 is 15.0 Å². The molecule has 1 aliphatic carbocycles. The predicted molar refractivity (Wildman–Crippen MR) is 104 cm³/mol. The van der Waals surface area contributed by atoms with Crippen molar-refractivity contribution in [3.63, 3.8) is 0 Å². The lowest BCUT2D eigenvalue weighted by molar-refractivity contribution is -0.141. The SMILES string of the molecule is CC1(C(=O)N2C[C@@H]3[C@H](CNC(=O)c4ccncc4)[C@H]4CC[C@]3(C2)O4)CCCC1. The van der Waals surface area contributed by atoms with E-state index in [-0.39, 0.29) is 28.9 Å². The average molecular weight is 383 g/mol. The molecule has 4 fully saturated rings. The minimum absolute atomic E-state index is 0.0661. The third-order valence-corrected chi connectivity index (χ3v) is 7.74. The molecule has 1 N–H and O–H groups in total. The van der Waals surface area contributed by atoms with E-state index in [4.69, 9.17) is 4.74 Å². The fraction of sp³-hybridized carbons (Fsp3) is 0.682. The van der Waals surface area contributed by atoms with Crippen molar-refractivity contribution in [3.8, 4) is 0 Å². The quantitative estimate of drug-likeness (QED) is 0.867. The van der Waals surface area contributed by atoms with Crippen molar-refractivity contribution >= 4 is 11.8 Å². The second-order valence-corrected chi connectivity index (χ2v) is 9.43. The van der Waals surface area contributed by atoms with Crippen LogP contribution in [0.4, 0.5) is 0 Å². The lowest BCUT2D eigenvalue weighted by Gasteiger charge is -2.30. The minimum Gasteiger partial charge on any atom is -0.369 e. The zero-order chi connectivity index (χ0) is 19.4. The first-order valence-electron chi connectivity index (χ1n) is 10.7. The van der Waals surface area contributed by atoms with Crippen LogP contribution in [0.3, 0.4) is 0 Å². The molecule has 1 spiro atoms. The van der Waals surface area contributed by atoms with Crippen LogP contribution in [0.25, 0.3) is 0 Å². The van der Waals surface area contributed by atoms with E-state index in [2.05, 4.69) is 22.1 Å². The molecule has 1 saturated carbocycles. The second-order valence-electron chi connectivity index (χ2n) is 9.43. The third-order valence-electron chi connectivity index (χ3n) is 7.74. The molecule has 150 valence electrons. The first kappa shape index (κ1) is 18.1. The highest BCUT2D eigenvalue weighted by molar-refractivity contribution is 5.94. The number of aromatic nitrogens is 1. The number of rotatable bonds is 4. The number of ether oxygens (including phenoxy) is 1. The first-order valence-corrected chi connectivity index (χ1v) is 10.7. The number of pyridine rings is 1. The molecule has 6 heteroatoms. The van der Waals surface area contributed by atoms with E-state index in [0.717, 1.165) is 51.6 Å². The van der Waals surface area contributed by atoms with Crippen molar-refractivity contribution in [1.82, 2.24) is 15.2 Å². The number of hydrogen-bond donors (Lipinski definition) is 1. The minimum atomic E-state index is -0.182. The van der Waals surface area contributed by atoms with Gasteiger partial charge in [0, 0.05) is 48.3 Å². The topological polar surface area (TPSA) is 71.5 Å². The zero-order valence-electron chi connectivity index (χ0n) is 16.5. The smallest absolute Gasteiger partial charge is 0.251 e. The Bertz CT molecular complexity index is 776. The lowest BCUT2D eigenvalue weighted by Crippen LogP contribution is -2.42. The van der Waals surface area contributed by atoms with Gasteiger partial charge in [-0.15, -0.1) is 0 Å². The maximum absolute atomic E-state index is 13.2. The van der Waals surface area contributed by atoms with Gasteiger partial charge in [0.1, 0.15) is 0 Å². The summed E-state index contributed by atoms with van der Waals surface area (Å²) in [6.45, 7) is 4.26. The third kappa shape index (κ3) is 2.76. The number of nitrogens with one attached hydrogen (secondary N) is 1. The fourth-order valence-electron chi connectivity index (χ4n) is 6.19. The summed E-state index contributed by atoms with van der Waals surface area (Å²) in [5, 5.41) is 3.09. The molecule has 0 radical (unpaired) electrons. The van der Waals surface area contributed by atoms with Crippen molar-refractivity contribution < 1.29 is 14.3 Å². The van der Waals surface area contributed by atoms with Crippen LogP contribution in [0.2, 0.25) is 0 Å². The molecule has 2 bridgehead atoms. The van der Waals surface area contributed by atoms with Gasteiger partial charge in [-0.3, -0.25) is 14.6 Å². The van der Waals surface area contributed by atoms with Gasteiger partial charge in [-0.1, -0.05) is 19.8 Å². The summed E-state index contributed by atoms with van der Waals surface area (Å²) >= 11 is 0. The van der Waals surface area contributed by atoms with E-state index in [1.54, 1.807) is 24.5 Å². The summed E-state index contributed by atoms with van der Waals surface area (Å²) in [6, 6.07) is 3.46. The zero-order valence-corrected chi connectivity index (χ0v) is 16.5. The first-order chi connectivity index (χ1) is 13.5. The Hall–Kier alpha value is -1.95. The molecule has 0 aromatic carbocycles. The van der Waals surface area contributed by atoms with Crippen molar-refractivity contribution in [2.75, 3.05) is 19.6 Å². The van der Waals surface area contributed by atoms with Gasteiger partial charge in [-0.05, 0) is 37.8 Å². The van der Waals surface area contributed by atoms with Gasteiger partial charge in [-0.25, -0.2) is 0 Å². The van der Waals surface area contributed by atoms with Gasteiger partial charge in [0.05, 0.1) is 18.2 Å². The number of fused-ring (bicyclic) bond motifs is 1. The Balaban J connectivity index is 1.27. The van der Waals surface area contributed by atoms with E-state index < -0.39 is 0 Å². The molecule has 6 nitrogen and oxygen atoms in total. The molecule has 4 heterocycles. The Morgan fingerprint density at radius 1 is 1.25 bits per heavy atom. The summed E-state index contributed by atoms with van der Waals surface area (Å²) in [5.74, 6) is 0.871. The number of hydrogen-bond acceptors (Lipinski definition) is 4. The standard InChI is InChI=1S/C22H29N3O3/c1-21(7-2-3-8-21)20(27)25-13-17-16(18-4-9-22(17,14-25)28-18)12-24-19(26)15-5-10-23-11-6-15/h5-6,10-11,16-18H,2-4,7-9,12-14H2,1H3,(H,24,26)/t16-,17+,18+,22+/m0/s1. The molecule has 3 aliphatic heterocycles. The molecule has 0 unspecified atom stereocenters. The monoisotopic (exact) mass is 383 g/mol. The van der Waals surface area contributed by atoms with E-state index in [0.29, 0.717) is 23.9 Å². The second kappa shape index (κ2) is 6.55. The predicted octanol–water partition coefficient (Wildman–Crippen LogP) is 2.40. The Morgan fingerprint density at radius 2 is 2.00 bits per heavy atom. The highest BCUT2D eigenvalue weighted by Crippen LogP contribution is 2.55. The summed E-state index contributed by atoms with van der Waals surface area (Å²) in [6.07, 6.45) is 9.89. The van der Waals surface area contributed by atoms with Crippen molar-refractivity contribution in [1.29, 1.82) is 0 Å². The number of carbonyl (C=O) groups is 2. The molecule has 1 aromatic rings. The lowest BCUT2D eigenvalue weighted by atomic mass is 9.73. The van der Waals surface area contributed by atoms with Gasteiger partial charge in [0.15, 0.2) is 0 Å². The van der Waals surface area contributed by atoms with Crippen molar-refractivity contribution in [3.05, 3.63) is 30.1 Å². The summed E-state index contributed by atoms with van der Waals surface area (Å²) in [7, 11) is 0. The van der Waals surface area contributed by atoms with Crippen LogP contribution in [0.1, 0.15) is 55.8 Å². The average Bonchev–Trinajstić information content (AvgIpc) is 3.47.